The van der Waals surface area contributed by atoms with E-state index in [9.17, 15) is 0 Å². The normalized spacial score (nSPS) is 10.0. The van der Waals surface area contributed by atoms with Crippen molar-refractivity contribution in [2.24, 2.45) is 7.05 Å². The zero-order chi connectivity index (χ0) is 6.69. The van der Waals surface area contributed by atoms with Crippen LogP contribution in [0.5, 0.6) is 0 Å². The zero-order valence-corrected chi connectivity index (χ0v) is 6.48. The first kappa shape index (κ1) is 6.68. The molecule has 50 valence electrons. The molecule has 1 rings (SSSR count). The number of rotatable bonds is 2. The van der Waals surface area contributed by atoms with Crippen LogP contribution in [-0.4, -0.2) is 16.0 Å². The Morgan fingerprint density at radius 1 is 1.78 bits per heavy atom. The van der Waals surface area contributed by atoms with Crippen molar-refractivity contribution in [3.63, 3.8) is 0 Å². The van der Waals surface area contributed by atoms with Gasteiger partial charge in [-0.2, -0.15) is 16.9 Å². The minimum atomic E-state index is 1.01. The fourth-order valence-electron chi connectivity index (χ4n) is 0.688. The predicted molar refractivity (Wildman–Crippen MR) is 40.4 cm³/mol. The lowest BCUT2D eigenvalue weighted by atomic mass is 10.5. The molecule has 0 aromatic carbocycles. The molecule has 0 spiro atoms. The van der Waals surface area contributed by atoms with Crippen LogP contribution in [0.25, 0.3) is 0 Å². The van der Waals surface area contributed by atoms with Gasteiger partial charge in [0.1, 0.15) is 0 Å². The van der Waals surface area contributed by atoms with Gasteiger partial charge in [0.25, 0.3) is 0 Å². The molecule has 3 heteroatoms. The van der Waals surface area contributed by atoms with Gasteiger partial charge in [-0.1, -0.05) is 0 Å². The molecule has 0 aliphatic rings. The van der Waals surface area contributed by atoms with Crippen molar-refractivity contribution >= 4 is 11.8 Å². The Labute approximate surface area is 59.3 Å². The van der Waals surface area contributed by atoms with Gasteiger partial charge in [0.15, 0.2) is 0 Å². The average molecular weight is 142 g/mol. The van der Waals surface area contributed by atoms with Crippen molar-refractivity contribution < 1.29 is 0 Å². The lowest BCUT2D eigenvalue weighted by Crippen LogP contribution is -1.88. The molecule has 0 saturated heterocycles. The Kier molecular flexibility index (Phi) is 2.16. The molecule has 1 aromatic heterocycles. The summed E-state index contributed by atoms with van der Waals surface area (Å²) in [7, 11) is 1.93. The van der Waals surface area contributed by atoms with Gasteiger partial charge in [-0.05, 0) is 12.3 Å². The van der Waals surface area contributed by atoms with E-state index in [2.05, 4.69) is 11.4 Å². The van der Waals surface area contributed by atoms with E-state index < -0.39 is 0 Å². The number of hydrogen-bond donors (Lipinski definition) is 0. The van der Waals surface area contributed by atoms with Gasteiger partial charge < -0.3 is 0 Å². The first-order valence-electron chi connectivity index (χ1n) is 2.80. The van der Waals surface area contributed by atoms with Gasteiger partial charge in [-0.15, -0.1) is 0 Å². The van der Waals surface area contributed by atoms with Crippen molar-refractivity contribution in [1.82, 2.24) is 9.78 Å². The Morgan fingerprint density at radius 2 is 2.56 bits per heavy atom. The van der Waals surface area contributed by atoms with E-state index in [1.165, 1.54) is 0 Å². The lowest BCUT2D eigenvalue weighted by molar-refractivity contribution is 0.755. The summed E-state index contributed by atoms with van der Waals surface area (Å²) >= 11 is 1.79. The van der Waals surface area contributed by atoms with Crippen LogP contribution >= 0.6 is 11.8 Å². The van der Waals surface area contributed by atoms with Gasteiger partial charge in [0.05, 0.1) is 5.69 Å². The second-order valence-corrected chi connectivity index (χ2v) is 2.78. The van der Waals surface area contributed by atoms with Crippen LogP contribution in [0.2, 0.25) is 0 Å². The van der Waals surface area contributed by atoms with E-state index in [-0.39, 0.29) is 0 Å². The van der Waals surface area contributed by atoms with Crippen LogP contribution in [0.15, 0.2) is 12.3 Å². The molecule has 9 heavy (non-hydrogen) atoms. The van der Waals surface area contributed by atoms with E-state index in [0.717, 1.165) is 11.4 Å². The van der Waals surface area contributed by atoms with Gasteiger partial charge in [-0.3, -0.25) is 4.68 Å². The van der Waals surface area contributed by atoms with Crippen LogP contribution in [0, 0.1) is 0 Å². The highest BCUT2D eigenvalue weighted by Gasteiger charge is 1.91. The van der Waals surface area contributed by atoms with Crippen molar-refractivity contribution in [2.75, 3.05) is 6.26 Å². The van der Waals surface area contributed by atoms with E-state index in [1.54, 1.807) is 11.8 Å². The topological polar surface area (TPSA) is 17.8 Å². The molecule has 0 saturated carbocycles. The fourth-order valence-corrected chi connectivity index (χ4v) is 1.14. The Morgan fingerprint density at radius 3 is 3.00 bits per heavy atom. The summed E-state index contributed by atoms with van der Waals surface area (Å²) in [4.78, 5) is 0. The third kappa shape index (κ3) is 1.75. The summed E-state index contributed by atoms with van der Waals surface area (Å²) in [5.41, 5.74) is 1.16. The van der Waals surface area contributed by atoms with Crippen LogP contribution in [-0.2, 0) is 12.8 Å². The smallest absolute Gasteiger partial charge is 0.0723 e. The Bertz CT molecular complexity index is 183. The second kappa shape index (κ2) is 2.92. The van der Waals surface area contributed by atoms with Gasteiger partial charge in [0, 0.05) is 19.0 Å². The van der Waals surface area contributed by atoms with Gasteiger partial charge >= 0.3 is 0 Å². The molecule has 0 bridgehead atoms. The van der Waals surface area contributed by atoms with Crippen LogP contribution < -0.4 is 0 Å². The first-order chi connectivity index (χ1) is 4.33. The first-order valence-corrected chi connectivity index (χ1v) is 4.20. The third-order valence-electron chi connectivity index (χ3n) is 1.06. The second-order valence-electron chi connectivity index (χ2n) is 1.91. The number of hydrogen-bond acceptors (Lipinski definition) is 2. The zero-order valence-electron chi connectivity index (χ0n) is 5.66. The third-order valence-corrected chi connectivity index (χ3v) is 1.65. The van der Waals surface area contributed by atoms with Crippen LogP contribution in [0.4, 0.5) is 0 Å². The Hall–Kier alpha value is -0.440. The molecule has 1 heterocycles. The largest absolute Gasteiger partial charge is 0.276 e. The number of nitrogens with zero attached hydrogens (tertiary/aromatic N) is 2. The molecule has 2 nitrogen and oxygen atoms in total. The number of aryl methyl sites for hydroxylation is 1. The average Bonchev–Trinajstić information content (AvgIpc) is 2.17. The molecule has 0 N–H and O–H groups in total. The molecular formula is C6H10N2S. The van der Waals surface area contributed by atoms with Crippen LogP contribution in [0.3, 0.4) is 0 Å². The highest BCUT2D eigenvalue weighted by Crippen LogP contribution is 2.04. The maximum atomic E-state index is 4.20. The molecular weight excluding hydrogens is 132 g/mol. The highest BCUT2D eigenvalue weighted by molar-refractivity contribution is 7.97. The maximum absolute atomic E-state index is 4.20. The lowest BCUT2D eigenvalue weighted by Gasteiger charge is -1.87. The highest BCUT2D eigenvalue weighted by atomic mass is 32.2. The summed E-state index contributed by atoms with van der Waals surface area (Å²) < 4.78 is 1.82. The standard InChI is InChI=1S/C6H10N2S/c1-8-4-3-6(7-8)5-9-2/h3-4H,5H2,1-2H3. The number of thioether (sulfide) groups is 1. The summed E-state index contributed by atoms with van der Waals surface area (Å²) in [5, 5.41) is 4.20. The monoisotopic (exact) mass is 142 g/mol. The van der Waals surface area contributed by atoms with Crippen molar-refractivity contribution in [2.45, 2.75) is 5.75 Å². The van der Waals surface area contributed by atoms with E-state index in [1.807, 2.05) is 24.0 Å². The van der Waals surface area contributed by atoms with Crippen molar-refractivity contribution in [1.29, 1.82) is 0 Å². The minimum absolute atomic E-state index is 1.01. The van der Waals surface area contributed by atoms with Crippen molar-refractivity contribution in [3.8, 4) is 0 Å². The molecule has 0 amide bonds. The predicted octanol–water partition coefficient (Wildman–Crippen LogP) is 1.28. The Balaban J connectivity index is 2.61. The van der Waals surface area contributed by atoms with Gasteiger partial charge in [-0.25, -0.2) is 0 Å². The summed E-state index contributed by atoms with van der Waals surface area (Å²) in [5.74, 6) is 1.01. The summed E-state index contributed by atoms with van der Waals surface area (Å²) in [6.07, 6.45) is 4.04. The van der Waals surface area contributed by atoms with Crippen LogP contribution in [0.1, 0.15) is 5.69 Å². The maximum Gasteiger partial charge on any atom is 0.0723 e. The molecule has 0 fully saturated rings. The minimum Gasteiger partial charge on any atom is -0.276 e. The quantitative estimate of drug-likeness (QED) is 0.619. The molecule has 0 aliphatic heterocycles. The molecule has 0 atom stereocenters. The molecule has 0 radical (unpaired) electrons. The van der Waals surface area contributed by atoms with Gasteiger partial charge in [0.2, 0.25) is 0 Å². The SMILES string of the molecule is CSCc1ccn(C)n1. The summed E-state index contributed by atoms with van der Waals surface area (Å²) in [6.45, 7) is 0. The van der Waals surface area contributed by atoms with E-state index in [0.29, 0.717) is 0 Å². The fraction of sp³-hybridized carbons (Fsp3) is 0.500. The molecule has 0 aliphatic carbocycles. The molecule has 1 aromatic rings. The molecule has 0 unspecified atom stereocenters. The summed E-state index contributed by atoms with van der Waals surface area (Å²) in [6, 6.07) is 2.04. The van der Waals surface area contributed by atoms with E-state index >= 15 is 0 Å². The van der Waals surface area contributed by atoms with Crippen molar-refractivity contribution in [3.05, 3.63) is 18.0 Å². The van der Waals surface area contributed by atoms with E-state index in [4.69, 9.17) is 0 Å². The number of aromatic nitrogens is 2.